The minimum absolute atomic E-state index is 0.0666. The standard InChI is InChI=1S/C5H6BrF2NO/c6-1-3-2-9-4(10)5(3,7)8/h3H,1-2H2,(H,9,10)/t3-/m0/s1. The van der Waals surface area contributed by atoms with Crippen LogP contribution >= 0.6 is 15.9 Å². The highest BCUT2D eigenvalue weighted by Crippen LogP contribution is 2.30. The first-order chi connectivity index (χ1) is 4.59. The Hall–Kier alpha value is -0.190. The monoisotopic (exact) mass is 213 g/mol. The lowest BCUT2D eigenvalue weighted by Crippen LogP contribution is -2.33. The van der Waals surface area contributed by atoms with Gasteiger partial charge in [0.1, 0.15) is 0 Å². The summed E-state index contributed by atoms with van der Waals surface area (Å²) >= 11 is 2.91. The summed E-state index contributed by atoms with van der Waals surface area (Å²) in [5.74, 6) is -5.22. The number of hydrogen-bond acceptors (Lipinski definition) is 1. The van der Waals surface area contributed by atoms with Crippen LogP contribution in [0.4, 0.5) is 8.78 Å². The van der Waals surface area contributed by atoms with Crippen LogP contribution in [0.5, 0.6) is 0 Å². The van der Waals surface area contributed by atoms with E-state index in [9.17, 15) is 13.6 Å². The molecule has 0 aromatic rings. The summed E-state index contributed by atoms with van der Waals surface area (Å²) in [4.78, 5) is 10.4. The first-order valence-electron chi connectivity index (χ1n) is 2.81. The molecule has 1 N–H and O–H groups in total. The van der Waals surface area contributed by atoms with Gasteiger partial charge in [0.25, 0.3) is 5.91 Å². The molecule has 0 spiro atoms. The zero-order valence-corrected chi connectivity index (χ0v) is 6.62. The van der Waals surface area contributed by atoms with Crippen LogP contribution in [-0.2, 0) is 4.79 Å². The Morgan fingerprint density at radius 2 is 2.40 bits per heavy atom. The molecule has 2 nitrogen and oxygen atoms in total. The Morgan fingerprint density at radius 1 is 1.80 bits per heavy atom. The summed E-state index contributed by atoms with van der Waals surface area (Å²) in [5, 5.41) is 2.24. The molecule has 0 aromatic heterocycles. The van der Waals surface area contributed by atoms with Crippen molar-refractivity contribution in [1.82, 2.24) is 5.32 Å². The summed E-state index contributed by atoms with van der Waals surface area (Å²) in [6.07, 6.45) is 0. The van der Waals surface area contributed by atoms with Crippen LogP contribution in [0.3, 0.4) is 0 Å². The molecule has 0 saturated carbocycles. The van der Waals surface area contributed by atoms with E-state index in [1.807, 2.05) is 0 Å². The van der Waals surface area contributed by atoms with Gasteiger partial charge in [0.05, 0.1) is 5.92 Å². The van der Waals surface area contributed by atoms with Gasteiger partial charge in [0, 0.05) is 11.9 Å². The van der Waals surface area contributed by atoms with Crippen molar-refractivity contribution in [3.63, 3.8) is 0 Å². The largest absolute Gasteiger partial charge is 0.350 e. The third-order valence-electron chi connectivity index (χ3n) is 1.51. The molecule has 58 valence electrons. The van der Waals surface area contributed by atoms with Crippen molar-refractivity contribution in [2.24, 2.45) is 5.92 Å². The van der Waals surface area contributed by atoms with Gasteiger partial charge in [-0.15, -0.1) is 0 Å². The highest BCUT2D eigenvalue weighted by Gasteiger charge is 2.51. The van der Waals surface area contributed by atoms with Crippen LogP contribution in [0.25, 0.3) is 0 Å². The lowest BCUT2D eigenvalue weighted by Gasteiger charge is -2.11. The van der Waals surface area contributed by atoms with Crippen molar-refractivity contribution in [1.29, 1.82) is 0 Å². The summed E-state index contributed by atoms with van der Waals surface area (Å²) in [6, 6.07) is 0. The number of carbonyl (C=O) groups is 1. The van der Waals surface area contributed by atoms with E-state index in [0.717, 1.165) is 0 Å². The van der Waals surface area contributed by atoms with Crippen molar-refractivity contribution in [3.8, 4) is 0 Å². The van der Waals surface area contributed by atoms with Gasteiger partial charge in [0.2, 0.25) is 0 Å². The Labute approximate surface area is 65.1 Å². The predicted molar refractivity (Wildman–Crippen MR) is 35.2 cm³/mol. The molecular weight excluding hydrogens is 208 g/mol. The third-order valence-corrected chi connectivity index (χ3v) is 2.29. The fourth-order valence-corrected chi connectivity index (χ4v) is 1.43. The minimum atomic E-state index is -3.18. The Kier molecular flexibility index (Phi) is 1.94. The highest BCUT2D eigenvalue weighted by molar-refractivity contribution is 9.09. The van der Waals surface area contributed by atoms with Gasteiger partial charge in [-0.25, -0.2) is 0 Å². The quantitative estimate of drug-likeness (QED) is 0.641. The summed E-state index contributed by atoms with van der Waals surface area (Å²) in [5.41, 5.74) is 0. The number of alkyl halides is 3. The fourth-order valence-electron chi connectivity index (χ4n) is 0.799. The maximum Gasteiger partial charge on any atom is 0.329 e. The van der Waals surface area contributed by atoms with E-state index in [-0.39, 0.29) is 11.9 Å². The molecule has 1 saturated heterocycles. The van der Waals surface area contributed by atoms with Crippen molar-refractivity contribution in [2.45, 2.75) is 5.92 Å². The van der Waals surface area contributed by atoms with Crippen molar-refractivity contribution in [2.75, 3.05) is 11.9 Å². The van der Waals surface area contributed by atoms with Crippen LogP contribution in [0.15, 0.2) is 0 Å². The van der Waals surface area contributed by atoms with Gasteiger partial charge >= 0.3 is 5.92 Å². The highest BCUT2D eigenvalue weighted by atomic mass is 79.9. The molecule has 1 heterocycles. The number of nitrogens with one attached hydrogen (secondary N) is 1. The number of halogens is 3. The van der Waals surface area contributed by atoms with E-state index in [4.69, 9.17) is 0 Å². The van der Waals surface area contributed by atoms with Crippen molar-refractivity contribution < 1.29 is 13.6 Å². The van der Waals surface area contributed by atoms with Crippen LogP contribution < -0.4 is 5.32 Å². The first kappa shape index (κ1) is 7.91. The normalized spacial score (nSPS) is 30.3. The van der Waals surface area contributed by atoms with Crippen LogP contribution in [0.1, 0.15) is 0 Å². The molecule has 5 heteroatoms. The molecule has 1 amide bonds. The van der Waals surface area contributed by atoms with Crippen molar-refractivity contribution in [3.05, 3.63) is 0 Å². The average molecular weight is 214 g/mol. The van der Waals surface area contributed by atoms with Gasteiger partial charge in [-0.2, -0.15) is 8.78 Å². The Morgan fingerprint density at radius 3 is 2.60 bits per heavy atom. The van der Waals surface area contributed by atoms with E-state index in [1.165, 1.54) is 0 Å². The lowest BCUT2D eigenvalue weighted by molar-refractivity contribution is -0.143. The molecule has 0 aliphatic carbocycles. The first-order valence-corrected chi connectivity index (χ1v) is 3.93. The van der Waals surface area contributed by atoms with Gasteiger partial charge < -0.3 is 5.32 Å². The third kappa shape index (κ3) is 1.02. The maximum atomic E-state index is 12.6. The van der Waals surface area contributed by atoms with E-state index >= 15 is 0 Å². The number of hydrogen-bond donors (Lipinski definition) is 1. The zero-order chi connectivity index (χ0) is 7.78. The molecule has 1 aliphatic heterocycles. The molecule has 0 bridgehead atoms. The molecule has 10 heavy (non-hydrogen) atoms. The molecule has 0 radical (unpaired) electrons. The Bertz CT molecular complexity index is 162. The van der Waals surface area contributed by atoms with Crippen LogP contribution in [0, 0.1) is 5.92 Å². The van der Waals surface area contributed by atoms with Crippen molar-refractivity contribution >= 4 is 21.8 Å². The fraction of sp³-hybridized carbons (Fsp3) is 0.800. The molecule has 1 fully saturated rings. The summed E-state index contributed by atoms with van der Waals surface area (Å²) in [6.45, 7) is 0.0666. The predicted octanol–water partition coefficient (Wildman–Crippen LogP) is 0.763. The topological polar surface area (TPSA) is 29.1 Å². The maximum absolute atomic E-state index is 12.6. The van der Waals surface area contributed by atoms with Gasteiger partial charge in [0.15, 0.2) is 0 Å². The average Bonchev–Trinajstić information content (AvgIpc) is 2.10. The van der Waals surface area contributed by atoms with E-state index in [1.54, 1.807) is 0 Å². The van der Waals surface area contributed by atoms with E-state index in [0.29, 0.717) is 0 Å². The number of amides is 1. The second kappa shape index (κ2) is 2.45. The zero-order valence-electron chi connectivity index (χ0n) is 5.03. The lowest BCUT2D eigenvalue weighted by atomic mass is 10.1. The van der Waals surface area contributed by atoms with Crippen LogP contribution in [0.2, 0.25) is 0 Å². The summed E-state index contributed by atoms with van der Waals surface area (Å²) < 4.78 is 25.1. The van der Waals surface area contributed by atoms with Gasteiger partial charge in [-0.1, -0.05) is 15.9 Å². The Balaban J connectivity index is 2.73. The summed E-state index contributed by atoms with van der Waals surface area (Å²) in [7, 11) is 0. The molecule has 0 aromatic carbocycles. The number of carbonyl (C=O) groups excluding carboxylic acids is 1. The van der Waals surface area contributed by atoms with E-state index in [2.05, 4.69) is 21.2 Å². The molecule has 1 rings (SSSR count). The smallest absolute Gasteiger partial charge is 0.329 e. The molecular formula is C5H6BrF2NO. The van der Waals surface area contributed by atoms with Gasteiger partial charge in [-0.3, -0.25) is 4.79 Å². The SMILES string of the molecule is O=C1NC[C@H](CBr)C1(F)F. The molecule has 1 atom stereocenters. The minimum Gasteiger partial charge on any atom is -0.350 e. The van der Waals surface area contributed by atoms with E-state index < -0.39 is 17.7 Å². The molecule has 0 unspecified atom stereocenters. The van der Waals surface area contributed by atoms with Gasteiger partial charge in [-0.05, 0) is 0 Å². The van der Waals surface area contributed by atoms with Crippen LogP contribution in [-0.4, -0.2) is 23.7 Å². The second-order valence-corrected chi connectivity index (χ2v) is 2.83. The molecule has 1 aliphatic rings. The second-order valence-electron chi connectivity index (χ2n) is 2.18. The number of rotatable bonds is 1.